The van der Waals surface area contributed by atoms with Gasteiger partial charge in [-0.15, -0.1) is 0 Å². The zero-order chi connectivity index (χ0) is 11.4. The predicted molar refractivity (Wildman–Crippen MR) is 72.1 cm³/mol. The van der Waals surface area contributed by atoms with Crippen LogP contribution in [0.15, 0.2) is 0 Å². The number of rotatable bonds is 11. The predicted octanol–water partition coefficient (Wildman–Crippen LogP) is 4.23. The van der Waals surface area contributed by atoms with Crippen LogP contribution in [0.2, 0.25) is 0 Å². The van der Waals surface area contributed by atoms with Crippen LogP contribution >= 0.6 is 0 Å². The molecule has 1 N–H and O–H groups in total. The van der Waals surface area contributed by atoms with Gasteiger partial charge in [0, 0.05) is 6.42 Å². The zero-order valence-electron chi connectivity index (χ0n) is 12.8. The molecule has 0 heterocycles. The maximum atomic E-state index is 10.2. The van der Waals surface area contributed by atoms with Crippen LogP contribution in [0.4, 0.5) is 0 Å². The topological polar surface area (TPSA) is 37.3 Å². The number of carboxylic acids is 1. The molecule has 0 aliphatic carbocycles. The molecule has 0 atom stereocenters. The average Bonchev–Trinajstić information content (AvgIpc) is 2.20. The van der Waals surface area contributed by atoms with Gasteiger partial charge in [0.05, 0.1) is 0 Å². The van der Waals surface area contributed by atoms with Gasteiger partial charge in [0.1, 0.15) is 0 Å². The minimum absolute atomic E-state index is 0. The van der Waals surface area contributed by atoms with E-state index in [-0.39, 0.29) is 40.6 Å². The van der Waals surface area contributed by atoms with Crippen molar-refractivity contribution in [2.45, 2.75) is 77.6 Å². The fourth-order valence-corrected chi connectivity index (χ4v) is 1.76. The van der Waals surface area contributed by atoms with Crippen molar-refractivity contribution >= 4 is 43.7 Å². The summed E-state index contributed by atoms with van der Waals surface area (Å²) in [4.78, 5) is 10.2. The summed E-state index contributed by atoms with van der Waals surface area (Å²) in [6.45, 7) is 2.24. The summed E-state index contributed by atoms with van der Waals surface area (Å²) in [6, 6.07) is 0. The van der Waals surface area contributed by atoms with Gasteiger partial charge in [-0.3, -0.25) is 4.79 Å². The maximum absolute atomic E-state index is 10.2. The van der Waals surface area contributed by atoms with Crippen LogP contribution in [-0.2, 0) is 4.79 Å². The van der Waals surface area contributed by atoms with Crippen LogP contribution in [0.5, 0.6) is 0 Å². The second-order valence-electron chi connectivity index (χ2n) is 4.33. The molecule has 94 valence electrons. The molecule has 0 aromatic carbocycles. The molecular formula is C13H28CaO2. The van der Waals surface area contributed by atoms with Crippen molar-refractivity contribution < 1.29 is 12.8 Å². The van der Waals surface area contributed by atoms with Gasteiger partial charge in [-0.05, 0) is 6.42 Å². The van der Waals surface area contributed by atoms with Crippen molar-refractivity contribution in [3.63, 3.8) is 0 Å². The Bertz CT molecular complexity index is 158. The van der Waals surface area contributed by atoms with Crippen LogP contribution in [0.3, 0.4) is 0 Å². The fourth-order valence-electron chi connectivity index (χ4n) is 1.76. The van der Waals surface area contributed by atoms with E-state index in [1.165, 1.54) is 51.4 Å². The van der Waals surface area contributed by atoms with E-state index >= 15 is 0 Å². The third-order valence-electron chi connectivity index (χ3n) is 2.74. The molecule has 0 aliphatic rings. The molecule has 0 spiro atoms. The van der Waals surface area contributed by atoms with Gasteiger partial charge in [-0.1, -0.05) is 64.7 Å². The molecule has 16 heavy (non-hydrogen) atoms. The van der Waals surface area contributed by atoms with Gasteiger partial charge in [0.2, 0.25) is 0 Å². The summed E-state index contributed by atoms with van der Waals surface area (Å²) < 4.78 is 0. The number of carboxylic acid groups (broad SMARTS) is 1. The Morgan fingerprint density at radius 1 is 0.875 bits per heavy atom. The normalized spacial score (nSPS) is 9.81. The molecule has 0 unspecified atom stereocenters. The molecule has 0 rings (SSSR count). The van der Waals surface area contributed by atoms with Gasteiger partial charge in [0.25, 0.3) is 0 Å². The first kappa shape index (κ1) is 19.1. The monoisotopic (exact) mass is 256 g/mol. The summed E-state index contributed by atoms with van der Waals surface area (Å²) in [5, 5.41) is 8.44. The first-order chi connectivity index (χ1) is 7.27. The molecule has 0 saturated carbocycles. The van der Waals surface area contributed by atoms with Gasteiger partial charge in [-0.2, -0.15) is 0 Å². The van der Waals surface area contributed by atoms with E-state index in [0.29, 0.717) is 6.42 Å². The number of aliphatic carboxylic acids is 1. The maximum Gasteiger partial charge on any atom is 2.00 e. The van der Waals surface area contributed by atoms with Crippen molar-refractivity contribution in [1.82, 2.24) is 0 Å². The van der Waals surface area contributed by atoms with E-state index < -0.39 is 5.97 Å². The molecule has 0 amide bonds. The first-order valence-corrected chi connectivity index (χ1v) is 6.49. The summed E-state index contributed by atoms with van der Waals surface area (Å²) in [5.41, 5.74) is 0. The number of hydrogen-bond donors (Lipinski definition) is 1. The second kappa shape index (κ2) is 15.7. The number of carbonyl (C=O) groups is 1. The van der Waals surface area contributed by atoms with Crippen LogP contribution < -0.4 is 0 Å². The minimum atomic E-state index is -0.658. The summed E-state index contributed by atoms with van der Waals surface area (Å²) >= 11 is 0. The molecule has 0 fully saturated rings. The van der Waals surface area contributed by atoms with Crippen molar-refractivity contribution in [3.8, 4) is 0 Å². The van der Waals surface area contributed by atoms with Crippen molar-refractivity contribution in [2.75, 3.05) is 0 Å². The van der Waals surface area contributed by atoms with Crippen LogP contribution in [-0.4, -0.2) is 48.8 Å². The molecule has 0 aliphatic heterocycles. The van der Waals surface area contributed by atoms with Gasteiger partial charge in [-0.25, -0.2) is 0 Å². The van der Waals surface area contributed by atoms with Crippen molar-refractivity contribution in [3.05, 3.63) is 0 Å². The molecule has 0 aromatic rings. The van der Waals surface area contributed by atoms with Crippen molar-refractivity contribution in [1.29, 1.82) is 0 Å². The number of unbranched alkanes of at least 4 members (excludes halogenated alkanes) is 9. The molecule has 0 radical (unpaired) electrons. The van der Waals surface area contributed by atoms with Gasteiger partial charge >= 0.3 is 43.7 Å². The van der Waals surface area contributed by atoms with Crippen LogP contribution in [0.25, 0.3) is 0 Å². The van der Waals surface area contributed by atoms with E-state index in [9.17, 15) is 4.79 Å². The van der Waals surface area contributed by atoms with Crippen LogP contribution in [0.1, 0.15) is 80.4 Å². The average molecular weight is 256 g/mol. The molecule has 3 heteroatoms. The molecular weight excluding hydrogens is 228 g/mol. The molecule has 0 aromatic heterocycles. The second-order valence-corrected chi connectivity index (χ2v) is 4.33. The van der Waals surface area contributed by atoms with Crippen molar-refractivity contribution in [2.24, 2.45) is 0 Å². The Kier molecular flexibility index (Phi) is 18.8. The fraction of sp³-hybridized carbons (Fsp3) is 0.923. The number of hydrogen-bond acceptors (Lipinski definition) is 1. The Labute approximate surface area is 133 Å². The molecule has 2 nitrogen and oxygen atoms in total. The first-order valence-electron chi connectivity index (χ1n) is 6.49. The quantitative estimate of drug-likeness (QED) is 0.444. The SMILES string of the molecule is CCCCCCCCCCCCC(=O)O.[Ca+2].[H-].[H-]. The van der Waals surface area contributed by atoms with E-state index in [2.05, 4.69) is 6.92 Å². The third kappa shape index (κ3) is 17.1. The summed E-state index contributed by atoms with van der Waals surface area (Å²) in [6.07, 6.45) is 12.9. The Morgan fingerprint density at radius 3 is 1.62 bits per heavy atom. The zero-order valence-corrected chi connectivity index (χ0v) is 13.0. The largest absolute Gasteiger partial charge is 2.00 e. The van der Waals surface area contributed by atoms with Gasteiger partial charge in [0.15, 0.2) is 0 Å². The Morgan fingerprint density at radius 2 is 1.25 bits per heavy atom. The van der Waals surface area contributed by atoms with E-state index in [4.69, 9.17) is 5.11 Å². The van der Waals surface area contributed by atoms with Crippen LogP contribution in [0, 0.1) is 0 Å². The smallest absolute Gasteiger partial charge is 1.00 e. The Hall–Kier alpha value is 0.730. The molecule has 0 saturated heterocycles. The third-order valence-corrected chi connectivity index (χ3v) is 2.74. The van der Waals surface area contributed by atoms with E-state index in [1.54, 1.807) is 0 Å². The Balaban J connectivity index is -0.000000327. The van der Waals surface area contributed by atoms with Gasteiger partial charge < -0.3 is 7.96 Å². The minimum Gasteiger partial charge on any atom is -1.00 e. The van der Waals surface area contributed by atoms with E-state index in [0.717, 1.165) is 12.8 Å². The van der Waals surface area contributed by atoms with E-state index in [1.807, 2.05) is 0 Å². The summed E-state index contributed by atoms with van der Waals surface area (Å²) in [7, 11) is 0. The molecule has 0 bridgehead atoms. The summed E-state index contributed by atoms with van der Waals surface area (Å²) in [5.74, 6) is -0.658. The standard InChI is InChI=1S/C13H26O2.Ca.2H/c1-2-3-4-5-6-7-8-9-10-11-12-13(14)15;;;/h2-12H2,1H3,(H,14,15);;;/q;+2;2*-1.